The maximum absolute atomic E-state index is 12.9. The molecular formula is C22H18ClN3O3S. The SMILES string of the molecule is CCOC(=O)c1c(-c2ccc(C)cc2)csc1NC(=O)c1nn2ccccc2c1Cl. The van der Waals surface area contributed by atoms with E-state index in [0.29, 0.717) is 21.6 Å². The number of pyridine rings is 1. The summed E-state index contributed by atoms with van der Waals surface area (Å²) in [4.78, 5) is 25.6. The van der Waals surface area contributed by atoms with Crippen LogP contribution in [0.1, 0.15) is 33.3 Å². The molecule has 4 rings (SSSR count). The Balaban J connectivity index is 1.72. The van der Waals surface area contributed by atoms with E-state index in [9.17, 15) is 9.59 Å². The minimum Gasteiger partial charge on any atom is -0.462 e. The molecule has 0 fully saturated rings. The number of nitrogens with one attached hydrogen (secondary N) is 1. The highest BCUT2D eigenvalue weighted by molar-refractivity contribution is 7.15. The van der Waals surface area contributed by atoms with E-state index in [0.717, 1.165) is 11.1 Å². The van der Waals surface area contributed by atoms with Gasteiger partial charge in [-0.05, 0) is 31.5 Å². The molecule has 0 unspecified atom stereocenters. The third kappa shape index (κ3) is 3.69. The average Bonchev–Trinajstić information content (AvgIpc) is 3.30. The first-order chi connectivity index (χ1) is 14.5. The van der Waals surface area contributed by atoms with Crippen molar-refractivity contribution in [1.82, 2.24) is 9.61 Å². The molecule has 0 aliphatic rings. The van der Waals surface area contributed by atoms with Crippen LogP contribution in [0.25, 0.3) is 16.6 Å². The Labute approximate surface area is 182 Å². The number of benzene rings is 1. The van der Waals surface area contributed by atoms with Crippen molar-refractivity contribution in [3.8, 4) is 11.1 Å². The Bertz CT molecular complexity index is 1240. The normalized spacial score (nSPS) is 10.9. The topological polar surface area (TPSA) is 72.7 Å². The molecule has 0 saturated heterocycles. The third-order valence-electron chi connectivity index (χ3n) is 4.56. The molecular weight excluding hydrogens is 422 g/mol. The van der Waals surface area contributed by atoms with Crippen molar-refractivity contribution in [3.05, 3.63) is 75.9 Å². The first-order valence-corrected chi connectivity index (χ1v) is 10.5. The van der Waals surface area contributed by atoms with Gasteiger partial charge in [-0.1, -0.05) is 47.5 Å². The van der Waals surface area contributed by atoms with Crippen molar-refractivity contribution >= 4 is 45.3 Å². The molecule has 0 spiro atoms. The highest BCUT2D eigenvalue weighted by Crippen LogP contribution is 2.37. The zero-order valence-corrected chi connectivity index (χ0v) is 17.9. The number of ether oxygens (including phenoxy) is 1. The Morgan fingerprint density at radius 2 is 1.97 bits per heavy atom. The average molecular weight is 440 g/mol. The van der Waals surface area contributed by atoms with E-state index in [4.69, 9.17) is 16.3 Å². The molecule has 0 atom stereocenters. The van der Waals surface area contributed by atoms with Gasteiger partial charge in [0.25, 0.3) is 5.91 Å². The number of anilines is 1. The number of aromatic nitrogens is 2. The number of aryl methyl sites for hydroxylation is 1. The number of rotatable bonds is 5. The first kappa shape index (κ1) is 20.1. The number of hydrogen-bond acceptors (Lipinski definition) is 5. The van der Waals surface area contributed by atoms with Crippen LogP contribution in [0.2, 0.25) is 5.02 Å². The summed E-state index contributed by atoms with van der Waals surface area (Å²) >= 11 is 7.61. The molecule has 0 radical (unpaired) electrons. The minimum atomic E-state index is -0.495. The second-order valence-electron chi connectivity index (χ2n) is 6.59. The molecule has 3 aromatic heterocycles. The second-order valence-corrected chi connectivity index (χ2v) is 7.84. The van der Waals surface area contributed by atoms with Crippen LogP contribution in [0, 0.1) is 6.92 Å². The summed E-state index contributed by atoms with van der Waals surface area (Å²) in [6, 6.07) is 13.2. The predicted molar refractivity (Wildman–Crippen MR) is 119 cm³/mol. The van der Waals surface area contributed by atoms with Crippen molar-refractivity contribution in [3.63, 3.8) is 0 Å². The van der Waals surface area contributed by atoms with Gasteiger partial charge in [0.1, 0.15) is 10.6 Å². The van der Waals surface area contributed by atoms with E-state index in [-0.39, 0.29) is 17.3 Å². The number of carbonyl (C=O) groups is 2. The van der Waals surface area contributed by atoms with Crippen molar-refractivity contribution in [2.45, 2.75) is 13.8 Å². The fraction of sp³-hybridized carbons (Fsp3) is 0.136. The van der Waals surface area contributed by atoms with Crippen LogP contribution in [0.15, 0.2) is 54.0 Å². The Hall–Kier alpha value is -3.16. The van der Waals surface area contributed by atoms with E-state index < -0.39 is 11.9 Å². The third-order valence-corrected chi connectivity index (χ3v) is 5.82. The predicted octanol–water partition coefficient (Wildman–Crippen LogP) is 5.45. The smallest absolute Gasteiger partial charge is 0.341 e. The van der Waals surface area contributed by atoms with Crippen LogP contribution in [0.4, 0.5) is 5.00 Å². The zero-order valence-electron chi connectivity index (χ0n) is 16.3. The summed E-state index contributed by atoms with van der Waals surface area (Å²) in [5, 5.41) is 9.52. The van der Waals surface area contributed by atoms with Gasteiger partial charge in [-0.3, -0.25) is 4.79 Å². The Morgan fingerprint density at radius 1 is 1.20 bits per heavy atom. The maximum Gasteiger partial charge on any atom is 0.341 e. The molecule has 0 aliphatic carbocycles. The Morgan fingerprint density at radius 3 is 2.67 bits per heavy atom. The number of thiophene rings is 1. The molecule has 1 N–H and O–H groups in total. The molecule has 0 aliphatic heterocycles. The highest BCUT2D eigenvalue weighted by atomic mass is 35.5. The minimum absolute atomic E-state index is 0.0861. The van der Waals surface area contributed by atoms with Crippen molar-refractivity contribution in [2.75, 3.05) is 11.9 Å². The van der Waals surface area contributed by atoms with Gasteiger partial charge in [-0.15, -0.1) is 11.3 Å². The molecule has 4 aromatic rings. The molecule has 30 heavy (non-hydrogen) atoms. The summed E-state index contributed by atoms with van der Waals surface area (Å²) in [5.74, 6) is -0.989. The van der Waals surface area contributed by atoms with Gasteiger partial charge in [-0.2, -0.15) is 5.10 Å². The summed E-state index contributed by atoms with van der Waals surface area (Å²) in [6.07, 6.45) is 1.71. The Kier molecular flexibility index (Phi) is 5.57. The van der Waals surface area contributed by atoms with Crippen LogP contribution < -0.4 is 5.32 Å². The van der Waals surface area contributed by atoms with E-state index in [1.807, 2.05) is 42.6 Å². The molecule has 6 nitrogen and oxygen atoms in total. The molecule has 152 valence electrons. The summed E-state index contributed by atoms with van der Waals surface area (Å²) in [6.45, 7) is 3.96. The summed E-state index contributed by atoms with van der Waals surface area (Å²) in [7, 11) is 0. The lowest BCUT2D eigenvalue weighted by atomic mass is 10.0. The molecule has 3 heterocycles. The molecule has 8 heteroatoms. The lowest BCUT2D eigenvalue weighted by molar-refractivity contribution is 0.0529. The van der Waals surface area contributed by atoms with Gasteiger partial charge in [0.15, 0.2) is 5.69 Å². The van der Waals surface area contributed by atoms with Crippen LogP contribution >= 0.6 is 22.9 Å². The fourth-order valence-corrected chi connectivity index (χ4v) is 4.30. The monoisotopic (exact) mass is 439 g/mol. The lowest BCUT2D eigenvalue weighted by Crippen LogP contribution is -2.15. The van der Waals surface area contributed by atoms with Crippen LogP contribution in [-0.2, 0) is 4.74 Å². The largest absolute Gasteiger partial charge is 0.462 e. The molecule has 1 aromatic carbocycles. The van der Waals surface area contributed by atoms with E-state index in [1.165, 1.54) is 15.9 Å². The quantitative estimate of drug-likeness (QED) is 0.419. The lowest BCUT2D eigenvalue weighted by Gasteiger charge is -2.08. The number of nitrogens with zero attached hydrogens (tertiary/aromatic N) is 2. The van der Waals surface area contributed by atoms with Crippen molar-refractivity contribution in [1.29, 1.82) is 0 Å². The fourth-order valence-electron chi connectivity index (χ4n) is 3.08. The molecule has 0 bridgehead atoms. The highest BCUT2D eigenvalue weighted by Gasteiger charge is 2.25. The number of fused-ring (bicyclic) bond motifs is 1. The van der Waals surface area contributed by atoms with Gasteiger partial charge in [0.2, 0.25) is 0 Å². The van der Waals surface area contributed by atoms with Crippen molar-refractivity contribution < 1.29 is 14.3 Å². The number of halogens is 1. The van der Waals surface area contributed by atoms with Crippen LogP contribution in [0.5, 0.6) is 0 Å². The van der Waals surface area contributed by atoms with Gasteiger partial charge in [-0.25, -0.2) is 9.31 Å². The van der Waals surface area contributed by atoms with Crippen molar-refractivity contribution in [2.24, 2.45) is 0 Å². The van der Waals surface area contributed by atoms with Gasteiger partial charge >= 0.3 is 5.97 Å². The standard InChI is InChI=1S/C22H18ClN3O3S/c1-3-29-22(28)17-15(14-9-7-13(2)8-10-14)12-30-21(17)24-20(27)19-18(23)16-6-4-5-11-26(16)25-19/h4-12H,3H2,1-2H3,(H,24,27). The molecule has 0 saturated carbocycles. The molecule has 1 amide bonds. The number of esters is 1. The van der Waals surface area contributed by atoms with Gasteiger partial charge in [0.05, 0.1) is 17.1 Å². The number of carbonyl (C=O) groups excluding carboxylic acids is 2. The van der Waals surface area contributed by atoms with E-state index in [2.05, 4.69) is 10.4 Å². The maximum atomic E-state index is 12.9. The van der Waals surface area contributed by atoms with Crippen LogP contribution in [0.3, 0.4) is 0 Å². The zero-order chi connectivity index (χ0) is 21.3. The number of amides is 1. The van der Waals surface area contributed by atoms with Gasteiger partial charge in [0, 0.05) is 17.1 Å². The van der Waals surface area contributed by atoms with E-state index >= 15 is 0 Å². The van der Waals surface area contributed by atoms with E-state index in [1.54, 1.807) is 25.3 Å². The summed E-state index contributed by atoms with van der Waals surface area (Å²) in [5.41, 5.74) is 3.71. The van der Waals surface area contributed by atoms with Gasteiger partial charge < -0.3 is 10.1 Å². The second kappa shape index (κ2) is 8.30. The summed E-state index contributed by atoms with van der Waals surface area (Å²) < 4.78 is 6.78. The van der Waals surface area contributed by atoms with Crippen LogP contribution in [-0.4, -0.2) is 28.1 Å². The first-order valence-electron chi connectivity index (χ1n) is 9.29. The number of hydrogen-bond donors (Lipinski definition) is 1.